The van der Waals surface area contributed by atoms with E-state index in [1.807, 2.05) is 0 Å². The summed E-state index contributed by atoms with van der Waals surface area (Å²) in [6.07, 6.45) is 5.82. The van der Waals surface area contributed by atoms with Crippen molar-refractivity contribution in [2.24, 2.45) is 0 Å². The molecule has 0 bridgehead atoms. The molecule has 0 spiro atoms. The molecule has 2 aliphatic rings. The molecular formula is C8H10N2OSe. The molecule has 1 aromatic heterocycles. The van der Waals surface area contributed by atoms with Crippen LogP contribution in [-0.2, 0) is 17.6 Å². The summed E-state index contributed by atoms with van der Waals surface area (Å²) >= 11 is 0.330. The molecule has 1 aliphatic heterocycles. The Kier molecular flexibility index (Phi) is 1.60. The SMILES string of the molecule is C1Cc2[se]nnc2C[C@@H]2O[C@@H]2C1. The van der Waals surface area contributed by atoms with E-state index in [1.165, 1.54) is 29.4 Å². The number of epoxide rings is 1. The number of rotatable bonds is 0. The van der Waals surface area contributed by atoms with Crippen LogP contribution in [0.2, 0.25) is 0 Å². The first-order chi connectivity index (χ1) is 5.93. The van der Waals surface area contributed by atoms with Gasteiger partial charge in [0.25, 0.3) is 0 Å². The van der Waals surface area contributed by atoms with Crippen LogP contribution in [0.25, 0.3) is 0 Å². The van der Waals surface area contributed by atoms with Crippen LogP contribution in [0.4, 0.5) is 0 Å². The van der Waals surface area contributed by atoms with Crippen molar-refractivity contribution in [2.75, 3.05) is 0 Å². The summed E-state index contributed by atoms with van der Waals surface area (Å²) in [4.78, 5) is 0. The summed E-state index contributed by atoms with van der Waals surface area (Å²) in [6, 6.07) is 0. The average Bonchev–Trinajstić information content (AvgIpc) is 2.56. The van der Waals surface area contributed by atoms with Crippen LogP contribution < -0.4 is 0 Å². The monoisotopic (exact) mass is 230 g/mol. The van der Waals surface area contributed by atoms with E-state index in [0.29, 0.717) is 26.9 Å². The van der Waals surface area contributed by atoms with E-state index < -0.39 is 0 Å². The summed E-state index contributed by atoms with van der Waals surface area (Å²) in [7, 11) is 0. The van der Waals surface area contributed by atoms with Gasteiger partial charge in [0.15, 0.2) is 0 Å². The van der Waals surface area contributed by atoms with Gasteiger partial charge in [0.1, 0.15) is 0 Å². The second-order valence-electron chi connectivity index (χ2n) is 3.45. The zero-order valence-electron chi connectivity index (χ0n) is 6.69. The van der Waals surface area contributed by atoms with E-state index in [2.05, 4.69) is 9.19 Å². The van der Waals surface area contributed by atoms with Crippen LogP contribution in [0.15, 0.2) is 0 Å². The first kappa shape index (κ1) is 7.24. The Labute approximate surface area is 77.1 Å². The Hall–Kier alpha value is -0.181. The zero-order valence-corrected chi connectivity index (χ0v) is 8.41. The third kappa shape index (κ3) is 1.15. The topological polar surface area (TPSA) is 38.3 Å². The van der Waals surface area contributed by atoms with E-state index in [1.54, 1.807) is 0 Å². The van der Waals surface area contributed by atoms with Gasteiger partial charge in [0.2, 0.25) is 0 Å². The molecule has 1 saturated heterocycles. The Morgan fingerprint density at radius 1 is 1.42 bits per heavy atom. The second kappa shape index (κ2) is 2.66. The number of nitrogens with zero attached hydrogens (tertiary/aromatic N) is 2. The van der Waals surface area contributed by atoms with Crippen LogP contribution >= 0.6 is 0 Å². The predicted octanol–water partition coefficient (Wildman–Crippen LogP) is 0.180. The van der Waals surface area contributed by atoms with Crippen molar-refractivity contribution in [1.82, 2.24) is 9.19 Å². The normalized spacial score (nSPS) is 33.0. The van der Waals surface area contributed by atoms with Gasteiger partial charge < -0.3 is 0 Å². The number of aromatic nitrogens is 2. The number of fused-ring (bicyclic) bond motifs is 2. The Balaban J connectivity index is 1.91. The predicted molar refractivity (Wildman–Crippen MR) is 44.3 cm³/mol. The van der Waals surface area contributed by atoms with Gasteiger partial charge in [-0.3, -0.25) is 0 Å². The van der Waals surface area contributed by atoms with Gasteiger partial charge >= 0.3 is 76.7 Å². The molecule has 64 valence electrons. The van der Waals surface area contributed by atoms with Gasteiger partial charge in [-0.25, -0.2) is 0 Å². The second-order valence-corrected chi connectivity index (χ2v) is 5.21. The van der Waals surface area contributed by atoms with Gasteiger partial charge in [-0.15, -0.1) is 0 Å². The van der Waals surface area contributed by atoms with Crippen molar-refractivity contribution >= 4 is 14.7 Å². The third-order valence-electron chi connectivity index (χ3n) is 2.61. The first-order valence-electron chi connectivity index (χ1n) is 4.39. The molecule has 12 heavy (non-hydrogen) atoms. The van der Waals surface area contributed by atoms with Crippen LogP contribution in [0.5, 0.6) is 0 Å². The summed E-state index contributed by atoms with van der Waals surface area (Å²) in [5, 5.41) is 4.19. The standard InChI is InChI=1S/C8H10N2OSe/c1-2-6-7(11-6)4-5-8(3-1)12-10-9-5/h6-7H,1-4H2/t6-,7+/m1/s1. The molecule has 0 N–H and O–H groups in total. The molecule has 2 atom stereocenters. The fourth-order valence-corrected chi connectivity index (χ4v) is 3.31. The van der Waals surface area contributed by atoms with Crippen molar-refractivity contribution in [2.45, 2.75) is 37.9 Å². The number of aryl methyl sites for hydroxylation is 1. The minimum absolute atomic E-state index is 0.330. The molecule has 1 aliphatic carbocycles. The quantitative estimate of drug-likeness (QED) is 0.470. The molecule has 1 fully saturated rings. The molecule has 4 heteroatoms. The van der Waals surface area contributed by atoms with Gasteiger partial charge in [-0.05, 0) is 0 Å². The van der Waals surface area contributed by atoms with Crippen molar-refractivity contribution < 1.29 is 4.74 Å². The fourth-order valence-electron chi connectivity index (χ4n) is 1.84. The average molecular weight is 229 g/mol. The fraction of sp³-hybridized carbons (Fsp3) is 0.750. The van der Waals surface area contributed by atoms with E-state index in [0.717, 1.165) is 6.42 Å². The minimum atomic E-state index is 0.330. The summed E-state index contributed by atoms with van der Waals surface area (Å²) in [5.41, 5.74) is 1.25. The van der Waals surface area contributed by atoms with Crippen LogP contribution in [0.1, 0.15) is 23.0 Å². The molecule has 1 aromatic rings. The molecule has 3 nitrogen and oxygen atoms in total. The zero-order chi connectivity index (χ0) is 7.97. The Bertz CT molecular complexity index is 299. The molecule has 0 amide bonds. The van der Waals surface area contributed by atoms with E-state index in [4.69, 9.17) is 4.74 Å². The van der Waals surface area contributed by atoms with Gasteiger partial charge in [-0.1, -0.05) is 0 Å². The molecule has 0 unspecified atom stereocenters. The van der Waals surface area contributed by atoms with Gasteiger partial charge in [0, 0.05) is 0 Å². The van der Waals surface area contributed by atoms with Crippen LogP contribution in [-0.4, -0.2) is 36.1 Å². The molecule has 2 heterocycles. The van der Waals surface area contributed by atoms with Crippen molar-refractivity contribution in [3.8, 4) is 0 Å². The maximum atomic E-state index is 5.52. The molecule has 0 aromatic carbocycles. The van der Waals surface area contributed by atoms with Crippen molar-refractivity contribution in [3.63, 3.8) is 0 Å². The van der Waals surface area contributed by atoms with Gasteiger partial charge in [0.05, 0.1) is 0 Å². The molecule has 0 radical (unpaired) electrons. The van der Waals surface area contributed by atoms with Gasteiger partial charge in [-0.2, -0.15) is 0 Å². The number of hydrogen-bond donors (Lipinski definition) is 0. The van der Waals surface area contributed by atoms with Crippen molar-refractivity contribution in [1.29, 1.82) is 0 Å². The maximum absolute atomic E-state index is 5.52. The third-order valence-corrected chi connectivity index (χ3v) is 4.34. The molecular weight excluding hydrogens is 219 g/mol. The van der Waals surface area contributed by atoms with E-state index in [9.17, 15) is 0 Å². The van der Waals surface area contributed by atoms with E-state index in [-0.39, 0.29) is 0 Å². The summed E-state index contributed by atoms with van der Waals surface area (Å²) in [5.74, 6) is 0. The summed E-state index contributed by atoms with van der Waals surface area (Å²) in [6.45, 7) is 0. The number of hydrogen-bond acceptors (Lipinski definition) is 3. The number of ether oxygens (including phenoxy) is 1. The van der Waals surface area contributed by atoms with Crippen LogP contribution in [0, 0.1) is 0 Å². The first-order valence-corrected chi connectivity index (χ1v) is 6.01. The van der Waals surface area contributed by atoms with E-state index >= 15 is 0 Å². The van der Waals surface area contributed by atoms with Crippen LogP contribution in [0.3, 0.4) is 0 Å². The molecule has 0 saturated carbocycles. The Morgan fingerprint density at radius 2 is 2.42 bits per heavy atom. The van der Waals surface area contributed by atoms with Crippen molar-refractivity contribution in [3.05, 3.63) is 10.1 Å². The summed E-state index contributed by atoms with van der Waals surface area (Å²) < 4.78 is 11.2. The Morgan fingerprint density at radius 3 is 3.42 bits per heavy atom. The molecule has 3 rings (SSSR count).